The molecule has 1 unspecified atom stereocenters. The van der Waals surface area contributed by atoms with Crippen LogP contribution in [0, 0.1) is 0 Å². The number of hydrogen-bond donors (Lipinski definition) is 1. The first-order valence-corrected chi connectivity index (χ1v) is 6.13. The molecule has 1 aromatic heterocycles. The lowest BCUT2D eigenvalue weighted by molar-refractivity contribution is 0.0343. The molecule has 0 aromatic carbocycles. The zero-order valence-corrected chi connectivity index (χ0v) is 10.6. The summed E-state index contributed by atoms with van der Waals surface area (Å²) in [7, 11) is 1.88. The van der Waals surface area contributed by atoms with E-state index < -0.39 is 0 Å². The van der Waals surface area contributed by atoms with E-state index in [1.54, 1.807) is 4.68 Å². The monoisotopic (exact) mass is 239 g/mol. The molecule has 96 valence electrons. The lowest BCUT2D eigenvalue weighted by atomic mass is 10.2. The fraction of sp³-hybridized carbons (Fsp3) is 0.818. The number of morpholine rings is 1. The summed E-state index contributed by atoms with van der Waals surface area (Å²) in [5.41, 5.74) is 0.987. The molecule has 0 bridgehead atoms. The molecule has 2 heterocycles. The molecule has 1 aromatic rings. The molecule has 2 rings (SSSR count). The van der Waals surface area contributed by atoms with Crippen LogP contribution < -0.4 is 5.32 Å². The van der Waals surface area contributed by atoms with Gasteiger partial charge in [0.1, 0.15) is 0 Å². The Hall–Kier alpha value is -0.980. The average molecular weight is 239 g/mol. The molecule has 6 heteroatoms. The molecular formula is C11H21N5O. The lowest BCUT2D eigenvalue weighted by Crippen LogP contribution is -2.44. The molecule has 0 saturated carbocycles. The number of nitrogens with zero attached hydrogens (tertiary/aromatic N) is 4. The van der Waals surface area contributed by atoms with Crippen LogP contribution in [0.5, 0.6) is 0 Å². The van der Waals surface area contributed by atoms with Crippen molar-refractivity contribution in [1.82, 2.24) is 25.2 Å². The highest BCUT2D eigenvalue weighted by Crippen LogP contribution is 1.99. The van der Waals surface area contributed by atoms with Gasteiger partial charge in [0.2, 0.25) is 0 Å². The van der Waals surface area contributed by atoms with Crippen molar-refractivity contribution in [1.29, 1.82) is 0 Å². The summed E-state index contributed by atoms with van der Waals surface area (Å²) in [4.78, 5) is 2.43. The van der Waals surface area contributed by atoms with Gasteiger partial charge in [-0.15, -0.1) is 5.10 Å². The van der Waals surface area contributed by atoms with Crippen LogP contribution in [0.4, 0.5) is 0 Å². The number of aromatic nitrogens is 3. The van der Waals surface area contributed by atoms with Crippen molar-refractivity contribution in [3.8, 4) is 0 Å². The Labute approximate surface area is 102 Å². The van der Waals surface area contributed by atoms with Gasteiger partial charge in [-0.2, -0.15) is 0 Å². The summed E-state index contributed by atoms with van der Waals surface area (Å²) in [6.07, 6.45) is 1.94. The second-order valence-electron chi connectivity index (χ2n) is 4.58. The lowest BCUT2D eigenvalue weighted by Gasteiger charge is -2.29. The largest absolute Gasteiger partial charge is 0.379 e. The number of ether oxygens (including phenoxy) is 1. The van der Waals surface area contributed by atoms with Gasteiger partial charge in [0.25, 0.3) is 0 Å². The van der Waals surface area contributed by atoms with Crippen LogP contribution in [0.15, 0.2) is 6.20 Å². The summed E-state index contributed by atoms with van der Waals surface area (Å²) >= 11 is 0. The molecule has 0 radical (unpaired) electrons. The Morgan fingerprint density at radius 1 is 1.47 bits per heavy atom. The second-order valence-corrected chi connectivity index (χ2v) is 4.58. The first-order valence-electron chi connectivity index (χ1n) is 6.13. The van der Waals surface area contributed by atoms with Gasteiger partial charge in [-0.3, -0.25) is 9.58 Å². The van der Waals surface area contributed by atoms with Crippen molar-refractivity contribution in [2.45, 2.75) is 19.5 Å². The average Bonchev–Trinajstić information content (AvgIpc) is 2.74. The Bertz CT molecular complexity index is 334. The molecule has 0 amide bonds. The fourth-order valence-electron chi connectivity index (χ4n) is 1.99. The van der Waals surface area contributed by atoms with Crippen molar-refractivity contribution < 1.29 is 4.74 Å². The minimum absolute atomic E-state index is 0.454. The predicted octanol–water partition coefficient (Wildman–Crippen LogP) is -0.375. The smallest absolute Gasteiger partial charge is 0.0964 e. The Morgan fingerprint density at radius 3 is 2.88 bits per heavy atom. The molecule has 1 aliphatic heterocycles. The number of aryl methyl sites for hydroxylation is 1. The zero-order valence-electron chi connectivity index (χ0n) is 10.6. The maximum Gasteiger partial charge on any atom is 0.0964 e. The van der Waals surface area contributed by atoms with Gasteiger partial charge in [-0.1, -0.05) is 5.21 Å². The van der Waals surface area contributed by atoms with E-state index in [9.17, 15) is 0 Å². The van der Waals surface area contributed by atoms with Crippen LogP contribution in [0.3, 0.4) is 0 Å². The molecule has 0 spiro atoms. The van der Waals surface area contributed by atoms with E-state index in [1.807, 2.05) is 13.2 Å². The van der Waals surface area contributed by atoms with Crippen molar-refractivity contribution in [2.75, 3.05) is 32.8 Å². The molecule has 1 N–H and O–H groups in total. The van der Waals surface area contributed by atoms with Gasteiger partial charge in [-0.25, -0.2) is 0 Å². The first-order chi connectivity index (χ1) is 8.24. The SMILES string of the molecule is CC(CN1CCOCC1)NCc1cn(C)nn1. The van der Waals surface area contributed by atoms with Gasteiger partial charge >= 0.3 is 0 Å². The highest BCUT2D eigenvalue weighted by atomic mass is 16.5. The highest BCUT2D eigenvalue weighted by Gasteiger charge is 2.13. The number of nitrogens with one attached hydrogen (secondary N) is 1. The topological polar surface area (TPSA) is 55.2 Å². The molecule has 0 aliphatic carbocycles. The Morgan fingerprint density at radius 2 is 2.24 bits per heavy atom. The van der Waals surface area contributed by atoms with Gasteiger partial charge in [-0.05, 0) is 6.92 Å². The predicted molar refractivity (Wildman–Crippen MR) is 64.6 cm³/mol. The van der Waals surface area contributed by atoms with E-state index in [2.05, 4.69) is 27.5 Å². The van der Waals surface area contributed by atoms with E-state index in [1.165, 1.54) is 0 Å². The quantitative estimate of drug-likeness (QED) is 0.759. The molecular weight excluding hydrogens is 218 g/mol. The minimum Gasteiger partial charge on any atom is -0.379 e. The van der Waals surface area contributed by atoms with E-state index in [-0.39, 0.29) is 0 Å². The van der Waals surface area contributed by atoms with E-state index >= 15 is 0 Å². The maximum atomic E-state index is 5.33. The van der Waals surface area contributed by atoms with E-state index in [0.29, 0.717) is 6.04 Å². The standard InChI is InChI=1S/C11H21N5O/c1-10(8-16-3-5-17-6-4-16)12-7-11-9-15(2)14-13-11/h9-10,12H,3-8H2,1-2H3. The molecule has 1 atom stereocenters. The highest BCUT2D eigenvalue weighted by molar-refractivity contribution is 4.91. The molecule has 17 heavy (non-hydrogen) atoms. The van der Waals surface area contributed by atoms with Crippen LogP contribution in [0.25, 0.3) is 0 Å². The summed E-state index contributed by atoms with van der Waals surface area (Å²) in [6, 6.07) is 0.454. The normalized spacial score (nSPS) is 19.4. The van der Waals surface area contributed by atoms with Gasteiger partial charge in [0.15, 0.2) is 0 Å². The summed E-state index contributed by atoms with van der Waals surface area (Å²) in [6.45, 7) is 7.83. The first kappa shape index (κ1) is 12.5. The van der Waals surface area contributed by atoms with Gasteiger partial charge in [0, 0.05) is 45.5 Å². The third-order valence-electron chi connectivity index (χ3n) is 2.92. The number of rotatable bonds is 5. The van der Waals surface area contributed by atoms with Gasteiger partial charge < -0.3 is 10.1 Å². The summed E-state index contributed by atoms with van der Waals surface area (Å²) in [5, 5.41) is 11.4. The zero-order chi connectivity index (χ0) is 12.1. The van der Waals surface area contributed by atoms with Crippen LogP contribution in [0.2, 0.25) is 0 Å². The van der Waals surface area contributed by atoms with E-state index in [4.69, 9.17) is 4.74 Å². The van der Waals surface area contributed by atoms with E-state index in [0.717, 1.165) is 45.1 Å². The minimum atomic E-state index is 0.454. The van der Waals surface area contributed by atoms with Crippen molar-refractivity contribution in [2.24, 2.45) is 7.05 Å². The molecule has 1 fully saturated rings. The second kappa shape index (κ2) is 6.09. The van der Waals surface area contributed by atoms with Gasteiger partial charge in [0.05, 0.1) is 18.9 Å². The maximum absolute atomic E-state index is 5.33. The Kier molecular flexibility index (Phi) is 4.47. The molecule has 6 nitrogen and oxygen atoms in total. The summed E-state index contributed by atoms with van der Waals surface area (Å²) in [5.74, 6) is 0. The van der Waals surface area contributed by atoms with Crippen molar-refractivity contribution in [3.63, 3.8) is 0 Å². The molecule has 1 aliphatic rings. The molecule has 1 saturated heterocycles. The summed E-state index contributed by atoms with van der Waals surface area (Å²) < 4.78 is 7.06. The van der Waals surface area contributed by atoms with Crippen LogP contribution in [-0.2, 0) is 18.3 Å². The van der Waals surface area contributed by atoms with Crippen molar-refractivity contribution >= 4 is 0 Å². The van der Waals surface area contributed by atoms with Crippen LogP contribution in [0.1, 0.15) is 12.6 Å². The van der Waals surface area contributed by atoms with Crippen LogP contribution in [-0.4, -0.2) is 58.8 Å². The number of hydrogen-bond acceptors (Lipinski definition) is 5. The van der Waals surface area contributed by atoms with Crippen molar-refractivity contribution in [3.05, 3.63) is 11.9 Å². The third-order valence-corrected chi connectivity index (χ3v) is 2.92. The Balaban J connectivity index is 1.68. The van der Waals surface area contributed by atoms with Crippen LogP contribution >= 0.6 is 0 Å². The fourth-order valence-corrected chi connectivity index (χ4v) is 1.99. The third kappa shape index (κ3) is 4.07.